The van der Waals surface area contributed by atoms with Gasteiger partial charge in [0.2, 0.25) is 0 Å². The lowest BCUT2D eigenvalue weighted by Crippen LogP contribution is -2.09. The summed E-state index contributed by atoms with van der Waals surface area (Å²) in [6.45, 7) is 4.36. The molecule has 2 N–H and O–H groups in total. The van der Waals surface area contributed by atoms with Gasteiger partial charge < -0.3 is 10.5 Å². The summed E-state index contributed by atoms with van der Waals surface area (Å²) < 4.78 is 5.11. The number of hydrogen-bond acceptors (Lipinski definition) is 3. The fourth-order valence-corrected chi connectivity index (χ4v) is 1.26. The monoisotopic (exact) mass is 207 g/mol. The van der Waals surface area contributed by atoms with E-state index >= 15 is 0 Å². The number of anilines is 1. The molecule has 3 nitrogen and oxygen atoms in total. The van der Waals surface area contributed by atoms with Crippen molar-refractivity contribution in [2.24, 2.45) is 0 Å². The molecule has 0 unspecified atom stereocenters. The molecule has 0 amide bonds. The van der Waals surface area contributed by atoms with Crippen molar-refractivity contribution in [2.45, 2.75) is 26.7 Å². The lowest BCUT2D eigenvalue weighted by Gasteiger charge is -2.08. The van der Waals surface area contributed by atoms with Gasteiger partial charge in [-0.05, 0) is 31.0 Å². The molecule has 0 bridgehead atoms. The summed E-state index contributed by atoms with van der Waals surface area (Å²) in [5.74, 6) is -0.284. The summed E-state index contributed by atoms with van der Waals surface area (Å²) in [7, 11) is 0. The van der Waals surface area contributed by atoms with E-state index in [1.54, 1.807) is 18.2 Å². The van der Waals surface area contributed by atoms with E-state index < -0.39 is 0 Å². The Hall–Kier alpha value is -1.51. The van der Waals surface area contributed by atoms with E-state index in [-0.39, 0.29) is 5.97 Å². The zero-order valence-electron chi connectivity index (χ0n) is 9.25. The van der Waals surface area contributed by atoms with E-state index in [9.17, 15) is 4.79 Å². The Balaban J connectivity index is 2.69. The maximum atomic E-state index is 11.6. The average molecular weight is 207 g/mol. The van der Waals surface area contributed by atoms with Crippen LogP contribution in [0.4, 0.5) is 5.69 Å². The molecule has 0 heterocycles. The number of unbranched alkanes of at least 4 members (excludes halogenated alkanes) is 1. The van der Waals surface area contributed by atoms with Crippen molar-refractivity contribution in [3.63, 3.8) is 0 Å². The lowest BCUT2D eigenvalue weighted by atomic mass is 10.1. The molecular weight excluding hydrogens is 190 g/mol. The number of ether oxygens (including phenoxy) is 1. The van der Waals surface area contributed by atoms with Gasteiger partial charge in [-0.15, -0.1) is 0 Å². The van der Waals surface area contributed by atoms with Crippen LogP contribution in [0, 0.1) is 6.92 Å². The van der Waals surface area contributed by atoms with Crippen LogP contribution in [0.15, 0.2) is 18.2 Å². The Morgan fingerprint density at radius 1 is 1.47 bits per heavy atom. The smallest absolute Gasteiger partial charge is 0.338 e. The fraction of sp³-hybridized carbons (Fsp3) is 0.417. The number of carbonyl (C=O) groups excluding carboxylic acids is 1. The second-order valence-corrected chi connectivity index (χ2v) is 3.51. The van der Waals surface area contributed by atoms with Crippen LogP contribution in [0.2, 0.25) is 0 Å². The maximum absolute atomic E-state index is 11.6. The minimum atomic E-state index is -0.284. The Morgan fingerprint density at radius 2 is 2.20 bits per heavy atom. The molecule has 0 atom stereocenters. The van der Waals surface area contributed by atoms with Crippen LogP contribution in [0.3, 0.4) is 0 Å². The summed E-state index contributed by atoms with van der Waals surface area (Å²) in [4.78, 5) is 11.6. The SMILES string of the molecule is CCCCOC(=O)c1cccc(N)c1C. The fourth-order valence-electron chi connectivity index (χ4n) is 1.26. The van der Waals surface area contributed by atoms with Crippen molar-refractivity contribution in [3.05, 3.63) is 29.3 Å². The molecular formula is C12H17NO2. The standard InChI is InChI=1S/C12H17NO2/c1-3-4-8-15-12(14)10-6-5-7-11(13)9(10)2/h5-7H,3-4,8,13H2,1-2H3. The number of rotatable bonds is 4. The molecule has 0 aliphatic carbocycles. The highest BCUT2D eigenvalue weighted by Gasteiger charge is 2.11. The molecule has 82 valence electrons. The summed E-state index contributed by atoms with van der Waals surface area (Å²) >= 11 is 0. The van der Waals surface area contributed by atoms with E-state index in [2.05, 4.69) is 6.92 Å². The van der Waals surface area contributed by atoms with Crippen molar-refractivity contribution in [1.82, 2.24) is 0 Å². The quantitative estimate of drug-likeness (QED) is 0.469. The van der Waals surface area contributed by atoms with Gasteiger partial charge in [0.15, 0.2) is 0 Å². The largest absolute Gasteiger partial charge is 0.462 e. The third-order valence-corrected chi connectivity index (χ3v) is 2.33. The Bertz CT molecular complexity index is 347. The Labute approximate surface area is 90.2 Å². The molecule has 1 rings (SSSR count). The molecule has 15 heavy (non-hydrogen) atoms. The minimum absolute atomic E-state index is 0.284. The van der Waals surface area contributed by atoms with Crippen LogP contribution < -0.4 is 5.73 Å². The van der Waals surface area contributed by atoms with E-state index in [0.717, 1.165) is 18.4 Å². The number of nitrogens with two attached hydrogens (primary N) is 1. The van der Waals surface area contributed by atoms with Crippen LogP contribution in [-0.2, 0) is 4.74 Å². The Morgan fingerprint density at radius 3 is 2.87 bits per heavy atom. The van der Waals surface area contributed by atoms with Crippen LogP contribution in [0.1, 0.15) is 35.7 Å². The molecule has 0 saturated carbocycles. The summed E-state index contributed by atoms with van der Waals surface area (Å²) in [6.07, 6.45) is 1.91. The third kappa shape index (κ3) is 2.98. The van der Waals surface area contributed by atoms with Gasteiger partial charge in [-0.3, -0.25) is 0 Å². The van der Waals surface area contributed by atoms with Crippen LogP contribution >= 0.6 is 0 Å². The topological polar surface area (TPSA) is 52.3 Å². The lowest BCUT2D eigenvalue weighted by molar-refractivity contribution is 0.0499. The number of carbonyl (C=O) groups is 1. The van der Waals surface area contributed by atoms with Gasteiger partial charge in [-0.1, -0.05) is 19.4 Å². The van der Waals surface area contributed by atoms with Crippen molar-refractivity contribution >= 4 is 11.7 Å². The maximum Gasteiger partial charge on any atom is 0.338 e. The normalized spacial score (nSPS) is 10.0. The van der Waals surface area contributed by atoms with Gasteiger partial charge in [0, 0.05) is 5.69 Å². The average Bonchev–Trinajstić information content (AvgIpc) is 2.22. The number of benzene rings is 1. The van der Waals surface area contributed by atoms with E-state index in [4.69, 9.17) is 10.5 Å². The molecule has 0 saturated heterocycles. The van der Waals surface area contributed by atoms with Crippen LogP contribution in [0.5, 0.6) is 0 Å². The van der Waals surface area contributed by atoms with Gasteiger partial charge in [0.25, 0.3) is 0 Å². The van der Waals surface area contributed by atoms with Crippen LogP contribution in [-0.4, -0.2) is 12.6 Å². The number of esters is 1. The van der Waals surface area contributed by atoms with Crippen molar-refractivity contribution in [3.8, 4) is 0 Å². The van der Waals surface area contributed by atoms with Gasteiger partial charge >= 0.3 is 5.97 Å². The highest BCUT2D eigenvalue weighted by atomic mass is 16.5. The van der Waals surface area contributed by atoms with Crippen molar-refractivity contribution < 1.29 is 9.53 Å². The van der Waals surface area contributed by atoms with Gasteiger partial charge in [-0.25, -0.2) is 4.79 Å². The highest BCUT2D eigenvalue weighted by Crippen LogP contribution is 2.16. The molecule has 0 aliphatic rings. The molecule has 0 aliphatic heterocycles. The van der Waals surface area contributed by atoms with Crippen molar-refractivity contribution in [1.29, 1.82) is 0 Å². The second kappa shape index (κ2) is 5.39. The molecule has 0 spiro atoms. The molecule has 0 aromatic heterocycles. The van der Waals surface area contributed by atoms with Crippen LogP contribution in [0.25, 0.3) is 0 Å². The van der Waals surface area contributed by atoms with Gasteiger partial charge in [0.1, 0.15) is 0 Å². The highest BCUT2D eigenvalue weighted by molar-refractivity contribution is 5.92. The summed E-state index contributed by atoms with van der Waals surface area (Å²) in [6, 6.07) is 5.27. The number of nitrogen functional groups attached to an aromatic ring is 1. The van der Waals surface area contributed by atoms with Gasteiger partial charge in [-0.2, -0.15) is 0 Å². The Kier molecular flexibility index (Phi) is 4.16. The molecule has 3 heteroatoms. The molecule has 0 fully saturated rings. The predicted octanol–water partition coefficient (Wildman–Crippen LogP) is 2.53. The first kappa shape index (κ1) is 11.6. The minimum Gasteiger partial charge on any atom is -0.462 e. The van der Waals surface area contributed by atoms with E-state index in [0.29, 0.717) is 17.9 Å². The second-order valence-electron chi connectivity index (χ2n) is 3.51. The molecule has 1 aromatic carbocycles. The zero-order chi connectivity index (χ0) is 11.3. The predicted molar refractivity (Wildman–Crippen MR) is 60.8 cm³/mol. The van der Waals surface area contributed by atoms with Gasteiger partial charge in [0.05, 0.1) is 12.2 Å². The third-order valence-electron chi connectivity index (χ3n) is 2.33. The molecule has 0 radical (unpaired) electrons. The molecule has 1 aromatic rings. The zero-order valence-corrected chi connectivity index (χ0v) is 9.25. The summed E-state index contributed by atoms with van der Waals surface area (Å²) in [5, 5.41) is 0. The summed E-state index contributed by atoms with van der Waals surface area (Å²) in [5.41, 5.74) is 7.68. The first-order valence-electron chi connectivity index (χ1n) is 5.19. The first-order valence-corrected chi connectivity index (χ1v) is 5.19. The first-order chi connectivity index (χ1) is 7.16. The van der Waals surface area contributed by atoms with E-state index in [1.165, 1.54) is 0 Å². The number of hydrogen-bond donors (Lipinski definition) is 1. The van der Waals surface area contributed by atoms with E-state index in [1.807, 2.05) is 6.92 Å². The van der Waals surface area contributed by atoms with Crippen molar-refractivity contribution in [2.75, 3.05) is 12.3 Å².